The fourth-order valence-electron chi connectivity index (χ4n) is 1.92. The van der Waals surface area contributed by atoms with Crippen LogP contribution in [0.1, 0.15) is 10.4 Å². The summed E-state index contributed by atoms with van der Waals surface area (Å²) in [5.41, 5.74) is -1.41. The molecule has 0 aromatic carbocycles. The molecule has 0 amide bonds. The number of hydrogen-bond donors (Lipinski definition) is 2. The summed E-state index contributed by atoms with van der Waals surface area (Å²) in [6, 6.07) is 5.07. The largest absolute Gasteiger partial charge is 0.405 e. The number of fused-ring (bicyclic) bond motifs is 1. The first kappa shape index (κ1) is 11.7. The Balaban J connectivity index is 2.32. The van der Waals surface area contributed by atoms with Crippen molar-refractivity contribution >= 4 is 22.4 Å². The predicted molar refractivity (Wildman–Crippen MR) is 70.9 cm³/mol. The monoisotopic (exact) mass is 276 g/mol. The topological polar surface area (TPSA) is 95.9 Å². The number of nitrogens with one attached hydrogen (secondary N) is 2. The highest BCUT2D eigenvalue weighted by atomic mass is 32.1. The van der Waals surface area contributed by atoms with Crippen LogP contribution in [0.3, 0.4) is 0 Å². The maximum absolute atomic E-state index is 11.8. The van der Waals surface area contributed by atoms with E-state index in [1.54, 1.807) is 0 Å². The van der Waals surface area contributed by atoms with E-state index >= 15 is 0 Å². The Hall–Kier alpha value is -2.41. The van der Waals surface area contributed by atoms with E-state index in [1.165, 1.54) is 17.4 Å². The summed E-state index contributed by atoms with van der Waals surface area (Å²) >= 11 is 1.52. The van der Waals surface area contributed by atoms with Gasteiger partial charge in [0.25, 0.3) is 5.56 Å². The van der Waals surface area contributed by atoms with Crippen LogP contribution in [0, 0.1) is 0 Å². The zero-order valence-corrected chi connectivity index (χ0v) is 10.4. The first-order chi connectivity index (χ1) is 9.13. The van der Waals surface area contributed by atoms with Crippen molar-refractivity contribution in [3.8, 4) is 0 Å². The molecular weight excluding hydrogens is 268 g/mol. The van der Waals surface area contributed by atoms with Gasteiger partial charge in [0.2, 0.25) is 5.71 Å². The lowest BCUT2D eigenvalue weighted by Crippen LogP contribution is -2.24. The minimum Gasteiger partial charge on any atom is -0.405 e. The molecule has 0 atom stereocenters. The van der Waals surface area contributed by atoms with E-state index in [2.05, 4.69) is 9.97 Å². The number of rotatable bonds is 2. The summed E-state index contributed by atoms with van der Waals surface area (Å²) in [6.45, 7) is 0. The van der Waals surface area contributed by atoms with E-state index < -0.39 is 16.9 Å². The highest BCUT2D eigenvalue weighted by molar-refractivity contribution is 7.09. The average molecular weight is 276 g/mol. The maximum Gasteiger partial charge on any atom is 0.337 e. The molecule has 0 aliphatic carbocycles. The standard InChI is InChI=1S/C12H8N2O4S/c15-8-5-6(4-7-2-1-3-19-7)9-10(16)13-12(17)14-11(9)18-8/h1-3,5H,4H2,(H2,13,14,16,17). The van der Waals surface area contributed by atoms with Gasteiger partial charge in [-0.1, -0.05) is 6.07 Å². The molecule has 2 N–H and O–H groups in total. The molecule has 3 aromatic heterocycles. The van der Waals surface area contributed by atoms with Gasteiger partial charge in [0.1, 0.15) is 5.39 Å². The van der Waals surface area contributed by atoms with Gasteiger partial charge in [0.05, 0.1) is 0 Å². The number of H-pyrrole nitrogens is 2. The smallest absolute Gasteiger partial charge is 0.337 e. The molecule has 0 spiro atoms. The molecule has 6 nitrogen and oxygen atoms in total. The van der Waals surface area contributed by atoms with Gasteiger partial charge in [0, 0.05) is 17.4 Å². The highest BCUT2D eigenvalue weighted by Gasteiger charge is 2.11. The van der Waals surface area contributed by atoms with Gasteiger partial charge < -0.3 is 4.42 Å². The molecule has 3 rings (SSSR count). The molecule has 0 fully saturated rings. The Kier molecular flexibility index (Phi) is 2.68. The molecule has 0 aliphatic heterocycles. The molecule has 0 bridgehead atoms. The lowest BCUT2D eigenvalue weighted by molar-refractivity contribution is 0.545. The minimum atomic E-state index is -0.700. The Labute approximate surface area is 109 Å². The second-order valence-electron chi connectivity index (χ2n) is 3.96. The van der Waals surface area contributed by atoms with Crippen LogP contribution in [-0.4, -0.2) is 9.97 Å². The third-order valence-electron chi connectivity index (χ3n) is 2.67. The predicted octanol–water partition coefficient (Wildman–Crippen LogP) is 0.822. The molecule has 0 saturated heterocycles. The molecule has 96 valence electrons. The van der Waals surface area contributed by atoms with Gasteiger partial charge >= 0.3 is 11.3 Å². The summed E-state index contributed by atoms with van der Waals surface area (Å²) in [7, 11) is 0. The summed E-state index contributed by atoms with van der Waals surface area (Å²) in [5, 5.41) is 2.11. The van der Waals surface area contributed by atoms with E-state index in [4.69, 9.17) is 4.42 Å². The van der Waals surface area contributed by atoms with Gasteiger partial charge in [-0.05, 0) is 17.0 Å². The number of hydrogen-bond acceptors (Lipinski definition) is 5. The molecule has 0 radical (unpaired) electrons. The highest BCUT2D eigenvalue weighted by Crippen LogP contribution is 2.17. The van der Waals surface area contributed by atoms with Gasteiger partial charge in [-0.25, -0.2) is 9.59 Å². The molecule has 0 saturated carbocycles. The summed E-state index contributed by atoms with van der Waals surface area (Å²) in [6.07, 6.45) is 0.439. The van der Waals surface area contributed by atoms with Crippen LogP contribution in [-0.2, 0) is 6.42 Å². The van der Waals surface area contributed by atoms with Crippen molar-refractivity contribution in [1.82, 2.24) is 9.97 Å². The van der Waals surface area contributed by atoms with Crippen molar-refractivity contribution in [2.75, 3.05) is 0 Å². The van der Waals surface area contributed by atoms with Gasteiger partial charge in [-0.15, -0.1) is 11.3 Å². The van der Waals surface area contributed by atoms with Gasteiger partial charge in [-0.3, -0.25) is 14.8 Å². The number of aromatic nitrogens is 2. The van der Waals surface area contributed by atoms with Gasteiger partial charge in [0.15, 0.2) is 0 Å². The third-order valence-corrected chi connectivity index (χ3v) is 3.55. The van der Waals surface area contributed by atoms with E-state index in [0.29, 0.717) is 12.0 Å². The Morgan fingerprint density at radius 2 is 2.05 bits per heavy atom. The normalized spacial score (nSPS) is 10.9. The summed E-state index contributed by atoms with van der Waals surface area (Å²) in [4.78, 5) is 39.9. The van der Waals surface area contributed by atoms with Crippen molar-refractivity contribution in [2.45, 2.75) is 6.42 Å². The second-order valence-corrected chi connectivity index (χ2v) is 4.99. The maximum atomic E-state index is 11.8. The quantitative estimate of drug-likeness (QED) is 0.724. The lowest BCUT2D eigenvalue weighted by atomic mass is 10.1. The van der Waals surface area contributed by atoms with Crippen LogP contribution in [0.5, 0.6) is 0 Å². The Morgan fingerprint density at radius 3 is 2.79 bits per heavy atom. The van der Waals surface area contributed by atoms with E-state index in [9.17, 15) is 14.4 Å². The number of thiophene rings is 1. The Bertz CT molecular complexity index is 897. The van der Waals surface area contributed by atoms with E-state index in [-0.39, 0.29) is 11.1 Å². The van der Waals surface area contributed by atoms with Crippen LogP contribution >= 0.6 is 11.3 Å². The van der Waals surface area contributed by atoms with Crippen molar-refractivity contribution in [2.24, 2.45) is 0 Å². The number of aromatic amines is 2. The first-order valence-electron chi connectivity index (χ1n) is 5.45. The van der Waals surface area contributed by atoms with Crippen molar-refractivity contribution in [3.63, 3.8) is 0 Å². The molecule has 19 heavy (non-hydrogen) atoms. The molecule has 3 aromatic rings. The van der Waals surface area contributed by atoms with Crippen LogP contribution in [0.25, 0.3) is 11.1 Å². The molecule has 0 unspecified atom stereocenters. The first-order valence-corrected chi connectivity index (χ1v) is 6.33. The van der Waals surface area contributed by atoms with Crippen molar-refractivity contribution < 1.29 is 4.42 Å². The second kappa shape index (κ2) is 4.36. The van der Waals surface area contributed by atoms with Gasteiger partial charge in [-0.2, -0.15) is 0 Å². The van der Waals surface area contributed by atoms with E-state index in [1.807, 2.05) is 17.5 Å². The zero-order chi connectivity index (χ0) is 13.4. The summed E-state index contributed by atoms with van der Waals surface area (Å²) in [5.74, 6) is 0. The van der Waals surface area contributed by atoms with Crippen LogP contribution < -0.4 is 16.9 Å². The summed E-state index contributed by atoms with van der Waals surface area (Å²) < 4.78 is 4.86. The fraction of sp³-hybridized carbons (Fsp3) is 0.0833. The SMILES string of the molecule is O=c1[nH]c(=O)c2c(Cc3cccs3)cc(=O)oc2[nH]1. The zero-order valence-electron chi connectivity index (χ0n) is 9.56. The Morgan fingerprint density at radius 1 is 1.21 bits per heavy atom. The fourth-order valence-corrected chi connectivity index (χ4v) is 2.65. The van der Waals surface area contributed by atoms with Crippen LogP contribution in [0.15, 0.2) is 42.4 Å². The average Bonchev–Trinajstić information content (AvgIpc) is 2.79. The minimum absolute atomic E-state index is 0.0900. The molecule has 0 aliphatic rings. The van der Waals surface area contributed by atoms with Crippen molar-refractivity contribution in [3.05, 3.63) is 65.3 Å². The van der Waals surface area contributed by atoms with Crippen molar-refractivity contribution in [1.29, 1.82) is 0 Å². The lowest BCUT2D eigenvalue weighted by Gasteiger charge is -2.02. The van der Waals surface area contributed by atoms with Crippen LogP contribution in [0.2, 0.25) is 0 Å². The third kappa shape index (κ3) is 2.15. The molecule has 7 heteroatoms. The van der Waals surface area contributed by atoms with E-state index in [0.717, 1.165) is 4.88 Å². The van der Waals surface area contributed by atoms with Crippen LogP contribution in [0.4, 0.5) is 0 Å². The molecule has 3 heterocycles. The molecular formula is C12H8N2O4S.